The lowest BCUT2D eigenvalue weighted by Gasteiger charge is -2.09. The second-order valence-electron chi connectivity index (χ2n) is 5.34. The van der Waals surface area contributed by atoms with Crippen LogP contribution in [0.1, 0.15) is 36.8 Å². The molecule has 0 bridgehead atoms. The second kappa shape index (κ2) is 3.34. The Morgan fingerprint density at radius 1 is 1.20 bits per heavy atom. The van der Waals surface area contributed by atoms with Gasteiger partial charge in [0, 0.05) is 0 Å². The van der Waals surface area contributed by atoms with Crippen molar-refractivity contribution in [2.45, 2.75) is 25.7 Å². The number of nitrogens with one attached hydrogen (secondary N) is 1. The summed E-state index contributed by atoms with van der Waals surface area (Å²) in [4.78, 5) is 0. The van der Waals surface area contributed by atoms with Crippen LogP contribution in [0.5, 0.6) is 0 Å². The van der Waals surface area contributed by atoms with Crippen LogP contribution in [0.15, 0.2) is 24.3 Å². The number of piperidine rings is 1. The molecule has 1 saturated carbocycles. The van der Waals surface area contributed by atoms with E-state index < -0.39 is 0 Å². The predicted molar refractivity (Wildman–Crippen MR) is 63.1 cm³/mol. The average Bonchev–Trinajstić information content (AvgIpc) is 2.73. The maximum atomic E-state index is 3.46. The summed E-state index contributed by atoms with van der Waals surface area (Å²) in [6.45, 7) is 7.02. The minimum atomic E-state index is 0.654. The minimum Gasteiger partial charge on any atom is -0.316 e. The van der Waals surface area contributed by atoms with E-state index in [1.54, 1.807) is 5.56 Å². The van der Waals surface area contributed by atoms with Gasteiger partial charge in [0.25, 0.3) is 0 Å². The van der Waals surface area contributed by atoms with E-state index in [4.69, 9.17) is 0 Å². The van der Waals surface area contributed by atoms with Crippen molar-refractivity contribution in [3.63, 3.8) is 0 Å². The van der Waals surface area contributed by atoms with Crippen LogP contribution in [0.3, 0.4) is 0 Å². The monoisotopic (exact) mass is 201 g/mol. The summed E-state index contributed by atoms with van der Waals surface area (Å²) in [5.41, 5.74) is 3.07. The summed E-state index contributed by atoms with van der Waals surface area (Å²) >= 11 is 0. The largest absolute Gasteiger partial charge is 0.316 e. The molecule has 15 heavy (non-hydrogen) atoms. The molecule has 2 fully saturated rings. The Hall–Kier alpha value is -0.820. The van der Waals surface area contributed by atoms with E-state index in [-0.39, 0.29) is 0 Å². The number of benzene rings is 1. The summed E-state index contributed by atoms with van der Waals surface area (Å²) in [7, 11) is 0. The molecule has 1 heteroatoms. The number of rotatable bonds is 2. The van der Waals surface area contributed by atoms with Gasteiger partial charge in [-0.25, -0.2) is 0 Å². The molecule has 1 aliphatic heterocycles. The molecule has 1 unspecified atom stereocenters. The normalized spacial score (nSPS) is 33.1. The highest BCUT2D eigenvalue weighted by atomic mass is 15.0. The van der Waals surface area contributed by atoms with Gasteiger partial charge in [-0.1, -0.05) is 38.1 Å². The van der Waals surface area contributed by atoms with Gasteiger partial charge < -0.3 is 5.32 Å². The molecule has 1 aromatic rings. The Morgan fingerprint density at radius 3 is 2.60 bits per heavy atom. The third kappa shape index (κ3) is 1.50. The van der Waals surface area contributed by atoms with E-state index in [0.29, 0.717) is 5.92 Å². The fourth-order valence-corrected chi connectivity index (χ4v) is 3.04. The van der Waals surface area contributed by atoms with Crippen LogP contribution in [-0.4, -0.2) is 13.1 Å². The van der Waals surface area contributed by atoms with Crippen molar-refractivity contribution in [2.24, 2.45) is 11.8 Å². The lowest BCUT2D eigenvalue weighted by Crippen LogP contribution is -2.14. The smallest absolute Gasteiger partial charge is 0.00111 e. The van der Waals surface area contributed by atoms with Crippen molar-refractivity contribution in [3.8, 4) is 0 Å². The zero-order valence-electron chi connectivity index (χ0n) is 9.53. The van der Waals surface area contributed by atoms with E-state index in [0.717, 1.165) is 17.8 Å². The molecular formula is C14H19N. The fraction of sp³-hybridized carbons (Fsp3) is 0.571. The number of fused-ring (bicyclic) bond motifs is 1. The fourth-order valence-electron chi connectivity index (χ4n) is 3.04. The molecule has 3 rings (SSSR count). The van der Waals surface area contributed by atoms with Gasteiger partial charge in [0.05, 0.1) is 0 Å². The molecular weight excluding hydrogens is 182 g/mol. The second-order valence-corrected chi connectivity index (χ2v) is 5.34. The van der Waals surface area contributed by atoms with E-state index >= 15 is 0 Å². The van der Waals surface area contributed by atoms with Crippen molar-refractivity contribution < 1.29 is 0 Å². The average molecular weight is 201 g/mol. The van der Waals surface area contributed by atoms with Crippen LogP contribution < -0.4 is 5.32 Å². The molecule has 3 atom stereocenters. The van der Waals surface area contributed by atoms with Gasteiger partial charge in [-0.05, 0) is 47.9 Å². The van der Waals surface area contributed by atoms with Crippen molar-refractivity contribution in [3.05, 3.63) is 35.4 Å². The standard InChI is InChI=1S/C14H19N/c1-9(2)10-4-3-5-11(6-10)14-12-7-15-8-13(12)14/h3-6,9,12-15H,7-8H2,1-2H3/t12-,13+,14?. The van der Waals surface area contributed by atoms with E-state index in [2.05, 4.69) is 43.4 Å². The minimum absolute atomic E-state index is 0.654. The SMILES string of the molecule is CC(C)c1cccc(C2[C@H]3CNC[C@@H]23)c1. The summed E-state index contributed by atoms with van der Waals surface area (Å²) in [6, 6.07) is 9.22. The van der Waals surface area contributed by atoms with E-state index in [1.165, 1.54) is 18.7 Å². The van der Waals surface area contributed by atoms with Crippen molar-refractivity contribution in [1.29, 1.82) is 0 Å². The molecule has 2 aliphatic rings. The Labute approximate surface area is 91.9 Å². The van der Waals surface area contributed by atoms with Gasteiger partial charge in [-0.3, -0.25) is 0 Å². The van der Waals surface area contributed by atoms with Gasteiger partial charge in [0.15, 0.2) is 0 Å². The van der Waals surface area contributed by atoms with Crippen molar-refractivity contribution in [1.82, 2.24) is 5.32 Å². The topological polar surface area (TPSA) is 12.0 Å². The molecule has 1 aliphatic carbocycles. The van der Waals surface area contributed by atoms with Gasteiger partial charge >= 0.3 is 0 Å². The molecule has 0 radical (unpaired) electrons. The van der Waals surface area contributed by atoms with Crippen LogP contribution in [0.2, 0.25) is 0 Å². The van der Waals surface area contributed by atoms with Crippen LogP contribution in [0, 0.1) is 11.8 Å². The molecule has 1 aromatic carbocycles. The van der Waals surface area contributed by atoms with E-state index in [9.17, 15) is 0 Å². The molecule has 1 nitrogen and oxygen atoms in total. The zero-order chi connectivity index (χ0) is 10.4. The first-order valence-electron chi connectivity index (χ1n) is 6.08. The van der Waals surface area contributed by atoms with Crippen molar-refractivity contribution in [2.75, 3.05) is 13.1 Å². The first-order chi connectivity index (χ1) is 7.27. The van der Waals surface area contributed by atoms with Crippen LogP contribution in [0.4, 0.5) is 0 Å². The summed E-state index contributed by atoms with van der Waals surface area (Å²) in [6.07, 6.45) is 0. The van der Waals surface area contributed by atoms with Gasteiger partial charge in [0.2, 0.25) is 0 Å². The van der Waals surface area contributed by atoms with Gasteiger partial charge in [-0.2, -0.15) is 0 Å². The summed E-state index contributed by atoms with van der Waals surface area (Å²) < 4.78 is 0. The zero-order valence-corrected chi connectivity index (χ0v) is 9.53. The quantitative estimate of drug-likeness (QED) is 0.776. The summed E-state index contributed by atoms with van der Waals surface area (Å²) in [5, 5.41) is 3.46. The maximum Gasteiger partial charge on any atom is -0.00111 e. The molecule has 80 valence electrons. The lowest BCUT2D eigenvalue weighted by molar-refractivity contribution is 0.683. The highest BCUT2D eigenvalue weighted by Gasteiger charge is 2.53. The van der Waals surface area contributed by atoms with Crippen LogP contribution >= 0.6 is 0 Å². The molecule has 1 saturated heterocycles. The van der Waals surface area contributed by atoms with Gasteiger partial charge in [-0.15, -0.1) is 0 Å². The maximum absolute atomic E-state index is 3.46. The Kier molecular flexibility index (Phi) is 2.10. The first-order valence-corrected chi connectivity index (χ1v) is 6.08. The van der Waals surface area contributed by atoms with Crippen molar-refractivity contribution >= 4 is 0 Å². The first kappa shape index (κ1) is 9.41. The van der Waals surface area contributed by atoms with E-state index in [1.807, 2.05) is 0 Å². The molecule has 0 amide bonds. The Morgan fingerprint density at radius 2 is 1.93 bits per heavy atom. The number of hydrogen-bond acceptors (Lipinski definition) is 1. The lowest BCUT2D eigenvalue weighted by atomic mass is 9.98. The molecule has 0 aromatic heterocycles. The van der Waals surface area contributed by atoms with Crippen LogP contribution in [0.25, 0.3) is 0 Å². The summed E-state index contributed by atoms with van der Waals surface area (Å²) in [5.74, 6) is 3.39. The predicted octanol–water partition coefficient (Wildman–Crippen LogP) is 2.74. The number of hydrogen-bond donors (Lipinski definition) is 1. The third-order valence-corrected chi connectivity index (χ3v) is 4.05. The third-order valence-electron chi connectivity index (χ3n) is 4.05. The molecule has 0 spiro atoms. The highest BCUT2D eigenvalue weighted by molar-refractivity contribution is 5.34. The Bertz CT molecular complexity index is 359. The van der Waals surface area contributed by atoms with Gasteiger partial charge in [0.1, 0.15) is 0 Å². The molecule has 1 heterocycles. The molecule has 1 N–H and O–H groups in total. The highest BCUT2D eigenvalue weighted by Crippen LogP contribution is 2.55. The Balaban J connectivity index is 1.84. The van der Waals surface area contributed by atoms with Crippen LogP contribution in [-0.2, 0) is 0 Å².